The first-order valence-corrected chi connectivity index (χ1v) is 7.49. The van der Waals surface area contributed by atoms with Crippen LogP contribution >= 0.6 is 11.6 Å². The molecule has 24 heavy (non-hydrogen) atoms. The van der Waals surface area contributed by atoms with E-state index in [1.54, 1.807) is 42.5 Å². The Morgan fingerprint density at radius 2 is 1.92 bits per heavy atom. The molecule has 0 radical (unpaired) electrons. The molecule has 0 aliphatic carbocycles. The molecule has 0 amide bonds. The minimum atomic E-state index is -0.517. The fourth-order valence-corrected chi connectivity index (χ4v) is 2.24. The van der Waals surface area contributed by atoms with E-state index in [4.69, 9.17) is 26.0 Å². The lowest BCUT2D eigenvalue weighted by Crippen LogP contribution is -2.05. The molecule has 6 nitrogen and oxygen atoms in total. The van der Waals surface area contributed by atoms with E-state index in [0.717, 1.165) is 0 Å². The number of carbonyl (C=O) groups is 1. The molecule has 0 aliphatic rings. The molecule has 3 aromatic rings. The minimum absolute atomic E-state index is 0.0812. The van der Waals surface area contributed by atoms with Crippen LogP contribution in [0.15, 0.2) is 53.1 Å². The second-order valence-corrected chi connectivity index (χ2v) is 5.33. The molecule has 3 rings (SSSR count). The molecule has 0 unspecified atom stereocenters. The summed E-state index contributed by atoms with van der Waals surface area (Å²) in [5.74, 6) is -0.0128. The highest BCUT2D eigenvalue weighted by molar-refractivity contribution is 6.33. The van der Waals surface area contributed by atoms with Crippen molar-refractivity contribution >= 4 is 17.6 Å². The van der Waals surface area contributed by atoms with Gasteiger partial charge in [0, 0.05) is 5.56 Å². The normalized spacial score (nSPS) is 10.6. The van der Waals surface area contributed by atoms with Gasteiger partial charge in [0.15, 0.2) is 6.61 Å². The molecule has 0 spiro atoms. The highest BCUT2D eigenvalue weighted by Crippen LogP contribution is 2.24. The summed E-state index contributed by atoms with van der Waals surface area (Å²) in [4.78, 5) is 16.1. The smallest absolute Gasteiger partial charge is 0.338 e. The van der Waals surface area contributed by atoms with Crippen molar-refractivity contribution in [1.29, 1.82) is 0 Å². The van der Waals surface area contributed by atoms with E-state index < -0.39 is 5.97 Å². The maximum atomic E-state index is 12.0. The highest BCUT2D eigenvalue weighted by Gasteiger charge is 2.14. The van der Waals surface area contributed by atoms with Crippen LogP contribution in [-0.2, 0) is 18.0 Å². The molecule has 0 bridgehead atoms. The number of ether oxygens (including phenoxy) is 1. The number of halogens is 1. The maximum absolute atomic E-state index is 12.0. The van der Waals surface area contributed by atoms with Crippen LogP contribution in [0.2, 0.25) is 5.02 Å². The second-order valence-electron chi connectivity index (χ2n) is 4.92. The van der Waals surface area contributed by atoms with Gasteiger partial charge in [-0.3, -0.25) is 0 Å². The van der Waals surface area contributed by atoms with Crippen LogP contribution in [0.4, 0.5) is 0 Å². The topological polar surface area (TPSA) is 85.5 Å². The molecular weight excluding hydrogens is 332 g/mol. The fraction of sp³-hybridized carbons (Fsp3) is 0.118. The summed E-state index contributed by atoms with van der Waals surface area (Å²) >= 11 is 6.08. The summed E-state index contributed by atoms with van der Waals surface area (Å²) in [6, 6.07) is 13.6. The predicted octanol–water partition coefficient (Wildman–Crippen LogP) is 3.24. The van der Waals surface area contributed by atoms with E-state index in [9.17, 15) is 4.79 Å². The van der Waals surface area contributed by atoms with Crippen molar-refractivity contribution in [3.05, 3.63) is 70.6 Å². The molecule has 122 valence electrons. The first-order chi connectivity index (χ1) is 11.7. The molecule has 1 aromatic heterocycles. The van der Waals surface area contributed by atoms with Crippen molar-refractivity contribution in [2.45, 2.75) is 13.2 Å². The van der Waals surface area contributed by atoms with Crippen molar-refractivity contribution < 1.29 is 19.2 Å². The molecule has 7 heteroatoms. The Morgan fingerprint density at radius 1 is 1.17 bits per heavy atom. The summed E-state index contributed by atoms with van der Waals surface area (Å²) in [5, 5.41) is 13.3. The van der Waals surface area contributed by atoms with Gasteiger partial charge in [0.1, 0.15) is 0 Å². The van der Waals surface area contributed by atoms with Crippen LogP contribution in [-0.4, -0.2) is 21.2 Å². The zero-order chi connectivity index (χ0) is 16.9. The first-order valence-electron chi connectivity index (χ1n) is 7.12. The SMILES string of the molecule is O=C(OCc1nc(-c2ccccc2Cl)no1)c1ccc(CO)cc1. The number of aliphatic hydroxyl groups is 1. The third-order valence-electron chi connectivity index (χ3n) is 3.28. The summed E-state index contributed by atoms with van der Waals surface area (Å²) < 4.78 is 10.2. The van der Waals surface area contributed by atoms with Gasteiger partial charge in [-0.15, -0.1) is 0 Å². The Labute approximate surface area is 142 Å². The molecule has 0 saturated carbocycles. The van der Waals surface area contributed by atoms with E-state index in [-0.39, 0.29) is 19.1 Å². The molecule has 1 N–H and O–H groups in total. The Kier molecular flexibility index (Phi) is 4.88. The molecule has 0 fully saturated rings. The highest BCUT2D eigenvalue weighted by atomic mass is 35.5. The number of hydrogen-bond acceptors (Lipinski definition) is 6. The molecule has 2 aromatic carbocycles. The number of nitrogens with zero attached hydrogens (tertiary/aromatic N) is 2. The van der Waals surface area contributed by atoms with E-state index in [2.05, 4.69) is 10.1 Å². The summed E-state index contributed by atoms with van der Waals surface area (Å²) in [5.41, 5.74) is 1.73. The van der Waals surface area contributed by atoms with Crippen LogP contribution in [0.1, 0.15) is 21.8 Å². The largest absolute Gasteiger partial charge is 0.452 e. The Bertz CT molecular complexity index is 846. The van der Waals surface area contributed by atoms with Gasteiger partial charge in [-0.05, 0) is 29.8 Å². The van der Waals surface area contributed by atoms with E-state index in [1.165, 1.54) is 0 Å². The van der Waals surface area contributed by atoms with Crippen LogP contribution in [0.5, 0.6) is 0 Å². The van der Waals surface area contributed by atoms with Crippen molar-refractivity contribution in [1.82, 2.24) is 10.1 Å². The summed E-state index contributed by atoms with van der Waals surface area (Å²) in [7, 11) is 0. The van der Waals surface area contributed by atoms with Gasteiger partial charge >= 0.3 is 5.97 Å². The van der Waals surface area contributed by atoms with Gasteiger partial charge in [-0.1, -0.05) is 41.0 Å². The van der Waals surface area contributed by atoms with Gasteiger partial charge < -0.3 is 14.4 Å². The van der Waals surface area contributed by atoms with E-state index in [1.807, 2.05) is 6.07 Å². The van der Waals surface area contributed by atoms with Crippen LogP contribution in [0.3, 0.4) is 0 Å². The van der Waals surface area contributed by atoms with Gasteiger partial charge in [0.05, 0.1) is 17.2 Å². The zero-order valence-electron chi connectivity index (χ0n) is 12.5. The minimum Gasteiger partial charge on any atom is -0.452 e. The summed E-state index contributed by atoms with van der Waals surface area (Å²) in [6.07, 6.45) is 0. The van der Waals surface area contributed by atoms with Gasteiger partial charge in [0.25, 0.3) is 5.89 Å². The van der Waals surface area contributed by atoms with Crippen molar-refractivity contribution in [3.63, 3.8) is 0 Å². The number of rotatable bonds is 5. The van der Waals surface area contributed by atoms with Crippen molar-refractivity contribution in [2.75, 3.05) is 0 Å². The number of aromatic nitrogens is 2. The number of hydrogen-bond donors (Lipinski definition) is 1. The maximum Gasteiger partial charge on any atom is 0.338 e. The third-order valence-corrected chi connectivity index (χ3v) is 3.61. The van der Waals surface area contributed by atoms with E-state index in [0.29, 0.717) is 27.5 Å². The van der Waals surface area contributed by atoms with Crippen LogP contribution in [0, 0.1) is 0 Å². The average Bonchev–Trinajstić information content (AvgIpc) is 3.09. The Morgan fingerprint density at radius 3 is 2.62 bits per heavy atom. The Balaban J connectivity index is 1.65. The Hall–Kier alpha value is -2.70. The van der Waals surface area contributed by atoms with Crippen molar-refractivity contribution in [3.8, 4) is 11.4 Å². The molecular formula is C17H13ClN2O4. The third kappa shape index (κ3) is 3.61. The monoisotopic (exact) mass is 344 g/mol. The quantitative estimate of drug-likeness (QED) is 0.715. The lowest BCUT2D eigenvalue weighted by atomic mass is 10.1. The summed E-state index contributed by atoms with van der Waals surface area (Å²) in [6.45, 7) is -0.222. The average molecular weight is 345 g/mol. The number of benzene rings is 2. The molecule has 1 heterocycles. The lowest BCUT2D eigenvalue weighted by molar-refractivity contribution is 0.0429. The predicted molar refractivity (Wildman–Crippen MR) is 86.2 cm³/mol. The number of aliphatic hydroxyl groups excluding tert-OH is 1. The first kappa shape index (κ1) is 16.2. The molecule has 0 atom stereocenters. The van der Waals surface area contributed by atoms with Gasteiger partial charge in [-0.2, -0.15) is 4.98 Å². The number of esters is 1. The molecule has 0 aliphatic heterocycles. The fourth-order valence-electron chi connectivity index (χ4n) is 2.02. The number of carbonyl (C=O) groups excluding carboxylic acids is 1. The van der Waals surface area contributed by atoms with Gasteiger partial charge in [-0.25, -0.2) is 4.79 Å². The van der Waals surface area contributed by atoms with Crippen LogP contribution < -0.4 is 0 Å². The second kappa shape index (κ2) is 7.25. The van der Waals surface area contributed by atoms with E-state index >= 15 is 0 Å². The standard InChI is InChI=1S/C17H13ClN2O4/c18-14-4-2-1-3-13(14)16-19-15(24-20-16)10-23-17(22)12-7-5-11(9-21)6-8-12/h1-8,21H,9-10H2. The molecule has 0 saturated heterocycles. The van der Waals surface area contributed by atoms with Crippen molar-refractivity contribution in [2.24, 2.45) is 0 Å². The van der Waals surface area contributed by atoms with Gasteiger partial charge in [0.2, 0.25) is 5.82 Å². The lowest BCUT2D eigenvalue weighted by Gasteiger charge is -2.02. The zero-order valence-corrected chi connectivity index (χ0v) is 13.2. The van der Waals surface area contributed by atoms with Crippen LogP contribution in [0.25, 0.3) is 11.4 Å².